The van der Waals surface area contributed by atoms with Gasteiger partial charge in [-0.05, 0) is 30.5 Å². The first-order chi connectivity index (χ1) is 11.2. The van der Waals surface area contributed by atoms with Crippen LogP contribution in [-0.2, 0) is 9.59 Å². The second-order valence-electron chi connectivity index (χ2n) is 5.44. The molecule has 1 atom stereocenters. The smallest absolute Gasteiger partial charge is 0.326 e. The number of hydrogen-bond acceptors (Lipinski definition) is 4. The zero-order chi connectivity index (χ0) is 18.3. The molecule has 1 amide bonds. The topological polar surface area (TPSA) is 102 Å². The van der Waals surface area contributed by atoms with Crippen molar-refractivity contribution in [3.05, 3.63) is 40.8 Å². The number of anilines is 1. The zero-order valence-electron chi connectivity index (χ0n) is 13.1. The van der Waals surface area contributed by atoms with Crippen LogP contribution >= 0.6 is 11.6 Å². The van der Waals surface area contributed by atoms with E-state index in [1.54, 1.807) is 6.07 Å². The van der Waals surface area contributed by atoms with Crippen molar-refractivity contribution in [3.8, 4) is 6.07 Å². The van der Waals surface area contributed by atoms with Gasteiger partial charge in [0, 0.05) is 11.9 Å². The predicted octanol–water partition coefficient (Wildman–Crippen LogP) is 2.91. The van der Waals surface area contributed by atoms with Gasteiger partial charge in [-0.15, -0.1) is 0 Å². The first-order valence-corrected chi connectivity index (χ1v) is 7.48. The minimum atomic E-state index is -1.17. The summed E-state index contributed by atoms with van der Waals surface area (Å²) in [6.07, 6.45) is 1.34. The maximum Gasteiger partial charge on any atom is 0.326 e. The number of carboxylic acids is 1. The molecular weight excluding hydrogens is 337 g/mol. The molecular formula is C16H17ClFN3O3. The van der Waals surface area contributed by atoms with Crippen LogP contribution in [0.15, 0.2) is 30.0 Å². The lowest BCUT2D eigenvalue weighted by atomic mass is 10.0. The van der Waals surface area contributed by atoms with Gasteiger partial charge in [-0.2, -0.15) is 5.26 Å². The SMILES string of the molecule is CC(C)CC(NC(=O)/C(C#N)=C\Nc1ccc(F)c(Cl)c1)C(=O)O. The Balaban J connectivity index is 2.83. The maximum atomic E-state index is 13.1. The third kappa shape index (κ3) is 5.89. The van der Waals surface area contributed by atoms with Crippen LogP contribution in [0.25, 0.3) is 0 Å². The second-order valence-corrected chi connectivity index (χ2v) is 5.84. The van der Waals surface area contributed by atoms with Gasteiger partial charge >= 0.3 is 5.97 Å². The van der Waals surface area contributed by atoms with Gasteiger partial charge in [-0.1, -0.05) is 25.4 Å². The van der Waals surface area contributed by atoms with Crippen molar-refractivity contribution < 1.29 is 19.1 Å². The monoisotopic (exact) mass is 353 g/mol. The molecule has 0 spiro atoms. The van der Waals surface area contributed by atoms with Crippen molar-refractivity contribution in [1.29, 1.82) is 5.26 Å². The van der Waals surface area contributed by atoms with Gasteiger partial charge in [0.25, 0.3) is 5.91 Å². The first kappa shape index (κ1) is 19.5. The first-order valence-electron chi connectivity index (χ1n) is 7.10. The molecule has 1 rings (SSSR count). The Hall–Kier alpha value is -2.59. The van der Waals surface area contributed by atoms with E-state index in [1.807, 2.05) is 13.8 Å². The molecule has 1 aromatic carbocycles. The van der Waals surface area contributed by atoms with Crippen molar-refractivity contribution in [2.24, 2.45) is 5.92 Å². The fourth-order valence-electron chi connectivity index (χ4n) is 1.82. The summed E-state index contributed by atoms with van der Waals surface area (Å²) in [6.45, 7) is 3.64. The highest BCUT2D eigenvalue weighted by Crippen LogP contribution is 2.19. The zero-order valence-corrected chi connectivity index (χ0v) is 13.9. The number of benzene rings is 1. The molecule has 3 N–H and O–H groups in total. The van der Waals surface area contributed by atoms with Crippen LogP contribution < -0.4 is 10.6 Å². The molecule has 8 heteroatoms. The van der Waals surface area contributed by atoms with Crippen LogP contribution in [0.3, 0.4) is 0 Å². The molecule has 0 aliphatic carbocycles. The Morgan fingerprint density at radius 1 is 1.46 bits per heavy atom. The van der Waals surface area contributed by atoms with Gasteiger partial charge in [-0.3, -0.25) is 4.79 Å². The minimum absolute atomic E-state index is 0.0559. The van der Waals surface area contributed by atoms with Crippen molar-refractivity contribution in [2.75, 3.05) is 5.32 Å². The largest absolute Gasteiger partial charge is 0.480 e. The van der Waals surface area contributed by atoms with Crippen LogP contribution in [0, 0.1) is 23.1 Å². The number of nitrogens with one attached hydrogen (secondary N) is 2. The fourth-order valence-corrected chi connectivity index (χ4v) is 2.00. The van der Waals surface area contributed by atoms with Crippen LogP contribution in [0.1, 0.15) is 20.3 Å². The Labute approximate surface area is 143 Å². The Bertz CT molecular complexity index is 698. The van der Waals surface area contributed by atoms with Gasteiger partial charge in [0.15, 0.2) is 0 Å². The predicted molar refractivity (Wildman–Crippen MR) is 87.8 cm³/mol. The maximum absolute atomic E-state index is 13.1. The van der Waals surface area contributed by atoms with E-state index in [4.69, 9.17) is 22.0 Å². The number of carboxylic acid groups (broad SMARTS) is 1. The standard InChI is InChI=1S/C16H17ClFN3O3/c1-9(2)5-14(16(23)24)21-15(22)10(7-19)8-20-11-3-4-13(18)12(17)6-11/h3-4,6,8-9,14,20H,5H2,1-2H3,(H,21,22)(H,23,24)/b10-8-. The average Bonchev–Trinajstić information content (AvgIpc) is 2.50. The van der Waals surface area contributed by atoms with E-state index in [0.717, 1.165) is 12.3 Å². The van der Waals surface area contributed by atoms with Gasteiger partial charge < -0.3 is 15.7 Å². The molecule has 0 radical (unpaired) electrons. The van der Waals surface area contributed by atoms with E-state index < -0.39 is 23.7 Å². The number of halogens is 2. The number of nitrogens with zero attached hydrogens (tertiary/aromatic N) is 1. The van der Waals surface area contributed by atoms with Crippen molar-refractivity contribution >= 4 is 29.2 Å². The van der Waals surface area contributed by atoms with E-state index in [2.05, 4.69) is 10.6 Å². The summed E-state index contributed by atoms with van der Waals surface area (Å²) in [5, 5.41) is 23.0. The highest BCUT2D eigenvalue weighted by molar-refractivity contribution is 6.31. The number of carbonyl (C=O) groups is 2. The van der Waals surface area contributed by atoms with Crippen molar-refractivity contribution in [2.45, 2.75) is 26.3 Å². The second kappa shape index (κ2) is 8.89. The minimum Gasteiger partial charge on any atom is -0.480 e. The van der Waals surface area contributed by atoms with Crippen molar-refractivity contribution in [3.63, 3.8) is 0 Å². The van der Waals surface area contributed by atoms with Crippen molar-refractivity contribution in [1.82, 2.24) is 5.32 Å². The van der Waals surface area contributed by atoms with E-state index >= 15 is 0 Å². The van der Waals surface area contributed by atoms with Gasteiger partial charge in [0.2, 0.25) is 0 Å². The normalized spacial score (nSPS) is 12.4. The lowest BCUT2D eigenvalue weighted by Crippen LogP contribution is -2.42. The number of hydrogen-bond donors (Lipinski definition) is 3. The molecule has 0 bridgehead atoms. The number of carbonyl (C=O) groups excluding carboxylic acids is 1. The lowest BCUT2D eigenvalue weighted by molar-refractivity contribution is -0.141. The van der Waals surface area contributed by atoms with Crippen LogP contribution in [0.2, 0.25) is 5.02 Å². The third-order valence-electron chi connectivity index (χ3n) is 2.98. The number of rotatable bonds is 7. The quantitative estimate of drug-likeness (QED) is 0.516. The van der Waals surface area contributed by atoms with Crippen LogP contribution in [0.4, 0.5) is 10.1 Å². The molecule has 0 aliphatic rings. The number of amides is 1. The Morgan fingerprint density at radius 3 is 2.62 bits per heavy atom. The van der Waals surface area contributed by atoms with E-state index in [-0.39, 0.29) is 22.9 Å². The van der Waals surface area contributed by atoms with Gasteiger partial charge in [0.05, 0.1) is 5.02 Å². The summed E-state index contributed by atoms with van der Waals surface area (Å²) in [6, 6.07) is 4.40. The number of aliphatic carboxylic acids is 1. The summed E-state index contributed by atoms with van der Waals surface area (Å²) >= 11 is 5.63. The lowest BCUT2D eigenvalue weighted by Gasteiger charge is -2.16. The molecule has 0 heterocycles. The Morgan fingerprint density at radius 2 is 2.12 bits per heavy atom. The summed E-state index contributed by atoms with van der Waals surface area (Å²) in [5.74, 6) is -2.53. The summed E-state index contributed by atoms with van der Waals surface area (Å²) in [7, 11) is 0. The van der Waals surface area contributed by atoms with Crippen LogP contribution in [0.5, 0.6) is 0 Å². The third-order valence-corrected chi connectivity index (χ3v) is 3.27. The molecule has 1 unspecified atom stereocenters. The molecule has 0 saturated heterocycles. The highest BCUT2D eigenvalue weighted by Gasteiger charge is 2.22. The summed E-state index contributed by atoms with van der Waals surface area (Å²) < 4.78 is 13.1. The summed E-state index contributed by atoms with van der Waals surface area (Å²) in [5.41, 5.74) is 0.0596. The number of nitriles is 1. The molecule has 1 aromatic rings. The fraction of sp³-hybridized carbons (Fsp3) is 0.312. The van der Waals surface area contributed by atoms with Gasteiger partial charge in [0.1, 0.15) is 23.5 Å². The molecule has 0 aliphatic heterocycles. The highest BCUT2D eigenvalue weighted by atomic mass is 35.5. The molecule has 24 heavy (non-hydrogen) atoms. The Kier molecular flexibility index (Phi) is 7.21. The molecule has 128 valence electrons. The molecule has 0 fully saturated rings. The molecule has 0 aromatic heterocycles. The van der Waals surface area contributed by atoms with E-state index in [0.29, 0.717) is 5.69 Å². The molecule has 6 nitrogen and oxygen atoms in total. The van der Waals surface area contributed by atoms with E-state index in [9.17, 15) is 14.0 Å². The van der Waals surface area contributed by atoms with Gasteiger partial charge in [-0.25, -0.2) is 9.18 Å². The van der Waals surface area contributed by atoms with E-state index in [1.165, 1.54) is 12.1 Å². The summed E-state index contributed by atoms with van der Waals surface area (Å²) in [4.78, 5) is 23.2. The van der Waals surface area contributed by atoms with Crippen LogP contribution in [-0.4, -0.2) is 23.0 Å². The average molecular weight is 354 g/mol. The molecule has 0 saturated carbocycles.